The van der Waals surface area contributed by atoms with Crippen molar-refractivity contribution in [3.63, 3.8) is 0 Å². The molecule has 1 aliphatic rings. The Labute approximate surface area is 114 Å². The molecule has 0 fully saturated rings. The van der Waals surface area contributed by atoms with Crippen LogP contribution in [0.5, 0.6) is 0 Å². The van der Waals surface area contributed by atoms with Crippen LogP contribution < -0.4 is 0 Å². The molecule has 1 atom stereocenters. The van der Waals surface area contributed by atoms with Gasteiger partial charge in [0.25, 0.3) is 0 Å². The number of rotatable bonds is 3. The molecule has 1 aromatic rings. The van der Waals surface area contributed by atoms with E-state index in [2.05, 4.69) is 27.5 Å². The Kier molecular flexibility index (Phi) is 4.13. The van der Waals surface area contributed by atoms with Crippen molar-refractivity contribution in [2.75, 3.05) is 6.54 Å². The highest BCUT2D eigenvalue weighted by Gasteiger charge is 2.23. The van der Waals surface area contributed by atoms with E-state index in [1.165, 1.54) is 0 Å². The highest BCUT2D eigenvalue weighted by Crippen LogP contribution is 2.25. The van der Waals surface area contributed by atoms with Gasteiger partial charge in [-0.05, 0) is 24.4 Å². The van der Waals surface area contributed by atoms with Crippen molar-refractivity contribution in [3.05, 3.63) is 33.8 Å². The standard InChI is InChI=1S/C11H8Cl2N2OS/c12-7-1-2-9(10(13)3-7)11-4-8(16-15-11)5-14-6-17/h1-3,8H,4-5H2. The second kappa shape index (κ2) is 5.61. The minimum Gasteiger partial charge on any atom is -0.390 e. The molecule has 1 unspecified atom stereocenters. The lowest BCUT2D eigenvalue weighted by Gasteiger charge is -2.03. The molecule has 0 aromatic heterocycles. The third-order valence-electron chi connectivity index (χ3n) is 2.33. The van der Waals surface area contributed by atoms with Gasteiger partial charge >= 0.3 is 0 Å². The lowest BCUT2D eigenvalue weighted by molar-refractivity contribution is 0.0924. The smallest absolute Gasteiger partial charge is 0.153 e. The molecule has 0 amide bonds. The quantitative estimate of drug-likeness (QED) is 0.629. The minimum absolute atomic E-state index is 0.0906. The molecule has 3 nitrogen and oxygen atoms in total. The summed E-state index contributed by atoms with van der Waals surface area (Å²) in [6, 6.07) is 5.29. The summed E-state index contributed by atoms with van der Waals surface area (Å²) in [5, 5.41) is 7.47. The Bertz CT molecular complexity index is 512. The van der Waals surface area contributed by atoms with Crippen LogP contribution in [0.25, 0.3) is 0 Å². The molecule has 0 N–H and O–H groups in total. The fourth-order valence-corrected chi connectivity index (χ4v) is 2.14. The first kappa shape index (κ1) is 12.5. The summed E-state index contributed by atoms with van der Waals surface area (Å²) in [4.78, 5) is 9.05. The van der Waals surface area contributed by atoms with Gasteiger partial charge in [0.05, 0.1) is 22.4 Å². The molecule has 0 spiro atoms. The first-order valence-electron chi connectivity index (χ1n) is 4.92. The third kappa shape index (κ3) is 3.05. The van der Waals surface area contributed by atoms with Crippen LogP contribution in [0.1, 0.15) is 12.0 Å². The molecule has 0 saturated heterocycles. The van der Waals surface area contributed by atoms with Crippen LogP contribution in [0.2, 0.25) is 10.0 Å². The summed E-state index contributed by atoms with van der Waals surface area (Å²) in [6.07, 6.45) is 0.564. The normalized spacial score (nSPS) is 18.2. The topological polar surface area (TPSA) is 34.0 Å². The first-order chi connectivity index (χ1) is 8.20. The molecule has 1 heterocycles. The Morgan fingerprint density at radius 2 is 2.35 bits per heavy atom. The van der Waals surface area contributed by atoms with E-state index >= 15 is 0 Å². The van der Waals surface area contributed by atoms with Crippen LogP contribution >= 0.6 is 35.4 Å². The molecule has 2 rings (SSSR count). The van der Waals surface area contributed by atoms with Crippen molar-refractivity contribution in [2.24, 2.45) is 10.1 Å². The summed E-state index contributed by atoms with van der Waals surface area (Å²) < 4.78 is 0. The largest absolute Gasteiger partial charge is 0.390 e. The number of oxime groups is 1. The summed E-state index contributed by atoms with van der Waals surface area (Å²) in [5.74, 6) is 0. The monoisotopic (exact) mass is 286 g/mol. The van der Waals surface area contributed by atoms with E-state index in [-0.39, 0.29) is 6.10 Å². The average Bonchev–Trinajstić information content (AvgIpc) is 2.75. The maximum absolute atomic E-state index is 6.09. The lowest BCUT2D eigenvalue weighted by Crippen LogP contribution is -2.12. The molecule has 1 aliphatic heterocycles. The van der Waals surface area contributed by atoms with Crippen LogP contribution in [0, 0.1) is 0 Å². The fraction of sp³-hybridized carbons (Fsp3) is 0.273. The SMILES string of the molecule is S=C=NCC1CC(c2ccc(Cl)cc2Cl)=NO1. The summed E-state index contributed by atoms with van der Waals surface area (Å²) in [7, 11) is 0. The van der Waals surface area contributed by atoms with Crippen molar-refractivity contribution in [3.8, 4) is 0 Å². The Balaban J connectivity index is 2.12. The molecule has 1 aromatic carbocycles. The second-order valence-electron chi connectivity index (χ2n) is 3.53. The number of benzene rings is 1. The molecule has 17 heavy (non-hydrogen) atoms. The number of halogens is 2. The predicted octanol–water partition coefficient (Wildman–Crippen LogP) is 3.59. The Morgan fingerprint density at radius 1 is 1.53 bits per heavy atom. The van der Waals surface area contributed by atoms with Gasteiger partial charge in [0.2, 0.25) is 0 Å². The van der Waals surface area contributed by atoms with Gasteiger partial charge in [-0.2, -0.15) is 0 Å². The molecule has 0 bridgehead atoms. The fourth-order valence-electron chi connectivity index (χ4n) is 1.55. The summed E-state index contributed by atoms with van der Waals surface area (Å²) in [6.45, 7) is 0.460. The number of aliphatic imine (C=N–C) groups is 1. The zero-order valence-corrected chi connectivity index (χ0v) is 11.0. The van der Waals surface area contributed by atoms with E-state index in [9.17, 15) is 0 Å². The highest BCUT2D eigenvalue weighted by atomic mass is 35.5. The van der Waals surface area contributed by atoms with E-state index in [1.54, 1.807) is 12.1 Å². The van der Waals surface area contributed by atoms with E-state index < -0.39 is 0 Å². The summed E-state index contributed by atoms with van der Waals surface area (Å²) in [5.41, 5.74) is 1.64. The number of thiocarbonyl (C=S) groups is 1. The van der Waals surface area contributed by atoms with Gasteiger partial charge in [0.15, 0.2) is 6.10 Å². The summed E-state index contributed by atoms with van der Waals surface area (Å²) >= 11 is 16.4. The number of hydrogen-bond acceptors (Lipinski definition) is 4. The van der Waals surface area contributed by atoms with Crippen LogP contribution in [0.3, 0.4) is 0 Å². The van der Waals surface area contributed by atoms with E-state index in [1.807, 2.05) is 6.07 Å². The molecule has 0 saturated carbocycles. The lowest BCUT2D eigenvalue weighted by atomic mass is 10.1. The Morgan fingerprint density at radius 3 is 3.06 bits per heavy atom. The Hall–Kier alpha value is -0.930. The van der Waals surface area contributed by atoms with Crippen molar-refractivity contribution < 1.29 is 4.84 Å². The number of hydrogen-bond donors (Lipinski definition) is 0. The van der Waals surface area contributed by atoms with Gasteiger partial charge in [0.1, 0.15) is 0 Å². The molecule has 0 radical (unpaired) electrons. The van der Waals surface area contributed by atoms with Gasteiger partial charge in [-0.15, -0.1) is 0 Å². The van der Waals surface area contributed by atoms with Gasteiger partial charge in [-0.3, -0.25) is 0 Å². The first-order valence-corrected chi connectivity index (χ1v) is 6.09. The van der Waals surface area contributed by atoms with E-state index in [4.69, 9.17) is 28.0 Å². The van der Waals surface area contributed by atoms with Crippen LogP contribution in [0.15, 0.2) is 28.3 Å². The minimum atomic E-state index is -0.0906. The highest BCUT2D eigenvalue weighted by molar-refractivity contribution is 7.78. The van der Waals surface area contributed by atoms with Gasteiger partial charge in [-0.1, -0.05) is 34.4 Å². The number of nitrogens with zero attached hydrogens (tertiary/aromatic N) is 2. The van der Waals surface area contributed by atoms with Crippen LogP contribution in [-0.4, -0.2) is 23.5 Å². The maximum Gasteiger partial charge on any atom is 0.153 e. The van der Waals surface area contributed by atoms with Gasteiger partial charge < -0.3 is 4.84 Å². The molecule has 88 valence electrons. The van der Waals surface area contributed by atoms with E-state index in [0.717, 1.165) is 11.3 Å². The second-order valence-corrected chi connectivity index (χ2v) is 4.55. The van der Waals surface area contributed by atoms with Crippen molar-refractivity contribution in [2.45, 2.75) is 12.5 Å². The third-order valence-corrected chi connectivity index (χ3v) is 3.01. The van der Waals surface area contributed by atoms with E-state index in [0.29, 0.717) is 23.0 Å². The van der Waals surface area contributed by atoms with Crippen LogP contribution in [-0.2, 0) is 4.84 Å². The number of isothiocyanates is 1. The van der Waals surface area contributed by atoms with Gasteiger partial charge in [0, 0.05) is 17.0 Å². The van der Waals surface area contributed by atoms with Crippen molar-refractivity contribution in [1.29, 1.82) is 0 Å². The van der Waals surface area contributed by atoms with Crippen LogP contribution in [0.4, 0.5) is 0 Å². The zero-order chi connectivity index (χ0) is 12.3. The predicted molar refractivity (Wildman–Crippen MR) is 72.4 cm³/mol. The van der Waals surface area contributed by atoms with Crippen molar-refractivity contribution in [1.82, 2.24) is 0 Å². The molecular weight excluding hydrogens is 279 g/mol. The zero-order valence-electron chi connectivity index (χ0n) is 8.69. The maximum atomic E-state index is 6.09. The van der Waals surface area contributed by atoms with Gasteiger partial charge in [-0.25, -0.2) is 4.99 Å². The molecular formula is C11H8Cl2N2OS. The van der Waals surface area contributed by atoms with Crippen molar-refractivity contribution >= 4 is 46.3 Å². The molecule has 6 heteroatoms. The molecule has 0 aliphatic carbocycles. The average molecular weight is 287 g/mol.